The van der Waals surface area contributed by atoms with Gasteiger partial charge in [0.15, 0.2) is 0 Å². The Bertz CT molecular complexity index is 194. The van der Waals surface area contributed by atoms with E-state index in [4.69, 9.17) is 14.2 Å². The molecule has 82 valence electrons. The van der Waals surface area contributed by atoms with Crippen LogP contribution in [-0.4, -0.2) is 37.5 Å². The standard InChI is InChI=1S/C10H18O4/c1-8(11)14-10(2,3)6-9-7-12-4-5-13-9/h9H,4-7H2,1-3H3. The van der Waals surface area contributed by atoms with E-state index < -0.39 is 5.60 Å². The molecule has 1 rings (SSSR count). The zero-order chi connectivity index (χ0) is 10.6. The molecule has 1 fully saturated rings. The first-order chi connectivity index (χ1) is 6.49. The maximum absolute atomic E-state index is 10.8. The molecule has 0 aromatic rings. The smallest absolute Gasteiger partial charge is 0.303 e. The van der Waals surface area contributed by atoms with Gasteiger partial charge in [0.25, 0.3) is 0 Å². The van der Waals surface area contributed by atoms with Crippen molar-refractivity contribution in [2.24, 2.45) is 0 Å². The summed E-state index contributed by atoms with van der Waals surface area (Å²) in [6, 6.07) is 0. The lowest BCUT2D eigenvalue weighted by Crippen LogP contribution is -2.38. The Labute approximate surface area is 84.5 Å². The third kappa shape index (κ3) is 4.07. The molecule has 4 heteroatoms. The van der Waals surface area contributed by atoms with Crippen LogP contribution < -0.4 is 0 Å². The quantitative estimate of drug-likeness (QED) is 0.644. The van der Waals surface area contributed by atoms with E-state index in [-0.39, 0.29) is 12.1 Å². The summed E-state index contributed by atoms with van der Waals surface area (Å²) in [7, 11) is 0. The number of ether oxygens (including phenoxy) is 3. The van der Waals surface area contributed by atoms with Crippen LogP contribution in [0.5, 0.6) is 0 Å². The van der Waals surface area contributed by atoms with Crippen molar-refractivity contribution in [3.8, 4) is 0 Å². The Morgan fingerprint density at radius 2 is 2.21 bits per heavy atom. The molecule has 0 radical (unpaired) electrons. The second kappa shape index (κ2) is 4.75. The molecule has 0 spiro atoms. The fraction of sp³-hybridized carbons (Fsp3) is 0.900. The van der Waals surface area contributed by atoms with Gasteiger partial charge in [-0.15, -0.1) is 0 Å². The van der Waals surface area contributed by atoms with Crippen LogP contribution >= 0.6 is 0 Å². The van der Waals surface area contributed by atoms with E-state index in [2.05, 4.69) is 0 Å². The van der Waals surface area contributed by atoms with Gasteiger partial charge >= 0.3 is 5.97 Å². The first-order valence-corrected chi connectivity index (χ1v) is 4.88. The highest BCUT2D eigenvalue weighted by Crippen LogP contribution is 2.20. The molecular formula is C10H18O4. The van der Waals surface area contributed by atoms with E-state index in [0.29, 0.717) is 26.2 Å². The van der Waals surface area contributed by atoms with Gasteiger partial charge in [-0.05, 0) is 13.8 Å². The number of hydrogen-bond donors (Lipinski definition) is 0. The molecule has 14 heavy (non-hydrogen) atoms. The summed E-state index contributed by atoms with van der Waals surface area (Å²) in [5, 5.41) is 0. The maximum atomic E-state index is 10.8. The summed E-state index contributed by atoms with van der Waals surface area (Å²) < 4.78 is 15.9. The van der Waals surface area contributed by atoms with E-state index in [9.17, 15) is 4.79 Å². The highest BCUT2D eigenvalue weighted by Gasteiger charge is 2.28. The van der Waals surface area contributed by atoms with Crippen molar-refractivity contribution in [3.63, 3.8) is 0 Å². The van der Waals surface area contributed by atoms with Crippen LogP contribution in [0.15, 0.2) is 0 Å². The van der Waals surface area contributed by atoms with Crippen LogP contribution in [0.25, 0.3) is 0 Å². The van der Waals surface area contributed by atoms with Crippen LogP contribution in [0.2, 0.25) is 0 Å². The van der Waals surface area contributed by atoms with Crippen molar-refractivity contribution in [2.75, 3.05) is 19.8 Å². The summed E-state index contributed by atoms with van der Waals surface area (Å²) in [5.74, 6) is -0.258. The minimum absolute atomic E-state index is 0.0399. The summed E-state index contributed by atoms with van der Waals surface area (Å²) in [5.41, 5.74) is -0.475. The normalized spacial score (nSPS) is 23.2. The van der Waals surface area contributed by atoms with Crippen molar-refractivity contribution >= 4 is 5.97 Å². The van der Waals surface area contributed by atoms with Gasteiger partial charge in [0.1, 0.15) is 5.60 Å². The third-order valence-electron chi connectivity index (χ3n) is 2.02. The minimum atomic E-state index is -0.475. The van der Waals surface area contributed by atoms with Crippen LogP contribution in [0.3, 0.4) is 0 Å². The highest BCUT2D eigenvalue weighted by atomic mass is 16.6. The SMILES string of the molecule is CC(=O)OC(C)(C)CC1COCCO1. The number of carbonyl (C=O) groups is 1. The van der Waals surface area contributed by atoms with Crippen molar-refractivity contribution in [1.29, 1.82) is 0 Å². The minimum Gasteiger partial charge on any atom is -0.460 e. The van der Waals surface area contributed by atoms with Gasteiger partial charge in [0.2, 0.25) is 0 Å². The average Bonchev–Trinajstić information content (AvgIpc) is 2.02. The Morgan fingerprint density at radius 1 is 1.50 bits per heavy atom. The second-order valence-electron chi connectivity index (χ2n) is 4.13. The summed E-state index contributed by atoms with van der Waals surface area (Å²) >= 11 is 0. The summed E-state index contributed by atoms with van der Waals surface area (Å²) in [4.78, 5) is 10.8. The Hall–Kier alpha value is -0.610. The Balaban J connectivity index is 2.36. The molecular weight excluding hydrogens is 184 g/mol. The molecule has 0 saturated carbocycles. The van der Waals surface area contributed by atoms with E-state index in [1.807, 2.05) is 13.8 Å². The van der Waals surface area contributed by atoms with Gasteiger partial charge in [0.05, 0.1) is 25.9 Å². The summed E-state index contributed by atoms with van der Waals surface area (Å²) in [6.07, 6.45) is 0.713. The molecule has 0 amide bonds. The third-order valence-corrected chi connectivity index (χ3v) is 2.02. The van der Waals surface area contributed by atoms with E-state index >= 15 is 0 Å². The van der Waals surface area contributed by atoms with Gasteiger partial charge in [-0.2, -0.15) is 0 Å². The van der Waals surface area contributed by atoms with Crippen molar-refractivity contribution in [1.82, 2.24) is 0 Å². The monoisotopic (exact) mass is 202 g/mol. The van der Waals surface area contributed by atoms with E-state index in [1.54, 1.807) is 0 Å². The van der Waals surface area contributed by atoms with Crippen molar-refractivity contribution < 1.29 is 19.0 Å². The van der Waals surface area contributed by atoms with Crippen LogP contribution in [0.1, 0.15) is 27.2 Å². The molecule has 4 nitrogen and oxygen atoms in total. The molecule has 1 heterocycles. The molecule has 0 aliphatic carbocycles. The number of esters is 1. The zero-order valence-electron chi connectivity index (χ0n) is 9.04. The molecule has 1 saturated heterocycles. The molecule has 1 atom stereocenters. The molecule has 0 aromatic carbocycles. The topological polar surface area (TPSA) is 44.8 Å². The Kier molecular flexibility index (Phi) is 3.89. The molecule has 0 aromatic heterocycles. The van der Waals surface area contributed by atoms with Gasteiger partial charge in [-0.1, -0.05) is 0 Å². The number of hydrogen-bond acceptors (Lipinski definition) is 4. The molecule has 0 bridgehead atoms. The average molecular weight is 202 g/mol. The molecule has 0 N–H and O–H groups in total. The van der Waals surface area contributed by atoms with E-state index in [1.165, 1.54) is 6.92 Å². The predicted molar refractivity (Wildman–Crippen MR) is 51.0 cm³/mol. The van der Waals surface area contributed by atoms with Crippen molar-refractivity contribution in [2.45, 2.75) is 38.9 Å². The van der Waals surface area contributed by atoms with Gasteiger partial charge < -0.3 is 14.2 Å². The van der Waals surface area contributed by atoms with Crippen LogP contribution in [0, 0.1) is 0 Å². The molecule has 1 aliphatic heterocycles. The maximum Gasteiger partial charge on any atom is 0.303 e. The zero-order valence-corrected chi connectivity index (χ0v) is 9.04. The predicted octanol–water partition coefficient (Wildman–Crippen LogP) is 1.13. The largest absolute Gasteiger partial charge is 0.460 e. The van der Waals surface area contributed by atoms with Crippen LogP contribution in [0.4, 0.5) is 0 Å². The second-order valence-corrected chi connectivity index (χ2v) is 4.13. The lowest BCUT2D eigenvalue weighted by atomic mass is 10.0. The first-order valence-electron chi connectivity index (χ1n) is 4.88. The molecule has 1 unspecified atom stereocenters. The number of carbonyl (C=O) groups excluding carboxylic acids is 1. The highest BCUT2D eigenvalue weighted by molar-refractivity contribution is 5.66. The van der Waals surface area contributed by atoms with Gasteiger partial charge in [0, 0.05) is 13.3 Å². The van der Waals surface area contributed by atoms with Crippen molar-refractivity contribution in [3.05, 3.63) is 0 Å². The van der Waals surface area contributed by atoms with Gasteiger partial charge in [-0.25, -0.2) is 0 Å². The lowest BCUT2D eigenvalue weighted by Gasteiger charge is -2.31. The van der Waals surface area contributed by atoms with E-state index in [0.717, 1.165) is 0 Å². The fourth-order valence-electron chi connectivity index (χ4n) is 1.63. The van der Waals surface area contributed by atoms with Gasteiger partial charge in [-0.3, -0.25) is 4.79 Å². The fourth-order valence-corrected chi connectivity index (χ4v) is 1.63. The first kappa shape index (κ1) is 11.5. The number of rotatable bonds is 3. The van der Waals surface area contributed by atoms with Crippen LogP contribution in [-0.2, 0) is 19.0 Å². The Morgan fingerprint density at radius 3 is 2.71 bits per heavy atom. The summed E-state index contributed by atoms with van der Waals surface area (Å²) in [6.45, 7) is 7.05. The molecule has 1 aliphatic rings. The lowest BCUT2D eigenvalue weighted by molar-refractivity contribution is -0.162.